The molecule has 0 aliphatic rings. The topological polar surface area (TPSA) is 79.1 Å². The number of nitrogen functional groups attached to an aromatic ring is 1. The van der Waals surface area contributed by atoms with Crippen LogP contribution in [-0.2, 0) is 0 Å². The Balaban J connectivity index is 2.00. The minimum Gasteiger partial charge on any atom is -0.478 e. The number of fused-ring (bicyclic) bond motifs is 1. The van der Waals surface area contributed by atoms with Crippen LogP contribution in [0, 0.1) is 0 Å². The van der Waals surface area contributed by atoms with Gasteiger partial charge in [-0.15, -0.1) is 0 Å². The van der Waals surface area contributed by atoms with E-state index in [1.54, 1.807) is 12.1 Å². The van der Waals surface area contributed by atoms with Crippen LogP contribution in [0.3, 0.4) is 0 Å². The molecule has 100 valence electrons. The number of carboxylic acids is 1. The minimum absolute atomic E-state index is 0.216. The molecule has 0 aliphatic carbocycles. The highest BCUT2D eigenvalue weighted by Crippen LogP contribution is 2.33. The molecule has 5 heteroatoms. The van der Waals surface area contributed by atoms with Crippen LogP contribution in [0.1, 0.15) is 10.4 Å². The number of nitrogens with two attached hydrogens (primary N) is 1. The van der Waals surface area contributed by atoms with Crippen LogP contribution < -0.4 is 5.73 Å². The predicted octanol–water partition coefficient (Wildman–Crippen LogP) is 3.60. The zero-order valence-corrected chi connectivity index (χ0v) is 11.3. The molecule has 3 aromatic rings. The lowest BCUT2D eigenvalue weighted by atomic mass is 10.2. The molecule has 0 atom stereocenters. The second kappa shape index (κ2) is 4.94. The number of carbonyl (C=O) groups is 1. The summed E-state index contributed by atoms with van der Waals surface area (Å²) in [6, 6.07) is 14.8. The SMILES string of the molecule is Nc1ccc(Sc2cc3ccccc3[nH]2)c(C(=O)O)c1. The number of rotatable bonds is 3. The van der Waals surface area contributed by atoms with Gasteiger partial charge in [0.15, 0.2) is 0 Å². The number of benzene rings is 2. The maximum atomic E-state index is 11.3. The van der Waals surface area contributed by atoms with Crippen molar-refractivity contribution in [3.8, 4) is 0 Å². The number of aromatic amines is 1. The Hall–Kier alpha value is -2.40. The van der Waals surface area contributed by atoms with Gasteiger partial charge in [-0.05, 0) is 30.3 Å². The summed E-state index contributed by atoms with van der Waals surface area (Å²) in [5.74, 6) is -0.976. The molecule has 4 N–H and O–H groups in total. The summed E-state index contributed by atoms with van der Waals surface area (Å²) < 4.78 is 0. The molecule has 0 amide bonds. The molecule has 20 heavy (non-hydrogen) atoms. The number of carboxylic acid groups (broad SMARTS) is 1. The molecule has 0 unspecified atom stereocenters. The summed E-state index contributed by atoms with van der Waals surface area (Å²) in [7, 11) is 0. The van der Waals surface area contributed by atoms with Gasteiger partial charge in [0, 0.05) is 21.5 Å². The van der Waals surface area contributed by atoms with Crippen molar-refractivity contribution in [2.75, 3.05) is 5.73 Å². The Bertz CT molecular complexity index is 762. The van der Waals surface area contributed by atoms with E-state index in [-0.39, 0.29) is 5.56 Å². The van der Waals surface area contributed by atoms with E-state index in [1.165, 1.54) is 17.8 Å². The number of hydrogen-bond donors (Lipinski definition) is 3. The number of anilines is 1. The molecule has 1 aromatic heterocycles. The summed E-state index contributed by atoms with van der Waals surface area (Å²) in [6.07, 6.45) is 0. The lowest BCUT2D eigenvalue weighted by Crippen LogP contribution is -2.00. The Morgan fingerprint density at radius 2 is 1.95 bits per heavy atom. The summed E-state index contributed by atoms with van der Waals surface area (Å²) in [6.45, 7) is 0. The molecular weight excluding hydrogens is 272 g/mol. The maximum Gasteiger partial charge on any atom is 0.336 e. The molecule has 3 rings (SSSR count). The molecular formula is C15H12N2O2S. The van der Waals surface area contributed by atoms with Crippen LogP contribution >= 0.6 is 11.8 Å². The molecule has 0 saturated heterocycles. The van der Waals surface area contributed by atoms with Crippen molar-refractivity contribution in [3.63, 3.8) is 0 Å². The van der Waals surface area contributed by atoms with Crippen LogP contribution in [0.2, 0.25) is 0 Å². The van der Waals surface area contributed by atoms with Gasteiger partial charge in [0.1, 0.15) is 0 Å². The van der Waals surface area contributed by atoms with E-state index in [2.05, 4.69) is 4.98 Å². The Kier molecular flexibility index (Phi) is 3.12. The molecule has 1 heterocycles. The first-order chi connectivity index (χ1) is 9.63. The quantitative estimate of drug-likeness (QED) is 0.642. The van der Waals surface area contributed by atoms with E-state index in [0.717, 1.165) is 15.9 Å². The monoisotopic (exact) mass is 284 g/mol. The van der Waals surface area contributed by atoms with Crippen LogP contribution in [-0.4, -0.2) is 16.1 Å². The Morgan fingerprint density at radius 3 is 2.70 bits per heavy atom. The molecule has 4 nitrogen and oxygen atoms in total. The van der Waals surface area contributed by atoms with Crippen molar-refractivity contribution >= 4 is 34.3 Å². The largest absolute Gasteiger partial charge is 0.478 e. The molecule has 0 radical (unpaired) electrons. The first-order valence-corrected chi connectivity index (χ1v) is 6.83. The third kappa shape index (κ3) is 2.35. The second-order valence-corrected chi connectivity index (χ2v) is 5.47. The number of aromatic carboxylic acids is 1. The molecule has 0 bridgehead atoms. The lowest BCUT2D eigenvalue weighted by molar-refractivity contribution is 0.0693. The van der Waals surface area contributed by atoms with Crippen LogP contribution in [0.15, 0.2) is 58.5 Å². The van der Waals surface area contributed by atoms with E-state index in [9.17, 15) is 9.90 Å². The van der Waals surface area contributed by atoms with E-state index < -0.39 is 5.97 Å². The van der Waals surface area contributed by atoms with Gasteiger partial charge in [-0.2, -0.15) is 0 Å². The highest BCUT2D eigenvalue weighted by atomic mass is 32.2. The molecule has 0 fully saturated rings. The van der Waals surface area contributed by atoms with Crippen LogP contribution in [0.4, 0.5) is 5.69 Å². The number of aromatic nitrogens is 1. The second-order valence-electron chi connectivity index (χ2n) is 4.38. The van der Waals surface area contributed by atoms with Crippen molar-refractivity contribution in [1.29, 1.82) is 0 Å². The van der Waals surface area contributed by atoms with Gasteiger partial charge in [0.2, 0.25) is 0 Å². The normalized spacial score (nSPS) is 10.8. The van der Waals surface area contributed by atoms with E-state index in [4.69, 9.17) is 5.73 Å². The van der Waals surface area contributed by atoms with Crippen molar-refractivity contribution in [2.45, 2.75) is 9.92 Å². The van der Waals surface area contributed by atoms with Gasteiger partial charge in [0.25, 0.3) is 0 Å². The van der Waals surface area contributed by atoms with Gasteiger partial charge >= 0.3 is 5.97 Å². The number of para-hydroxylation sites is 1. The third-order valence-electron chi connectivity index (χ3n) is 2.96. The third-order valence-corrected chi connectivity index (χ3v) is 3.97. The molecule has 0 spiro atoms. The Morgan fingerprint density at radius 1 is 1.15 bits per heavy atom. The fraction of sp³-hybridized carbons (Fsp3) is 0. The lowest BCUT2D eigenvalue weighted by Gasteiger charge is -2.05. The van der Waals surface area contributed by atoms with Gasteiger partial charge in [-0.3, -0.25) is 0 Å². The molecule has 0 aliphatic heterocycles. The average molecular weight is 284 g/mol. The fourth-order valence-electron chi connectivity index (χ4n) is 2.02. The predicted molar refractivity (Wildman–Crippen MR) is 80.2 cm³/mol. The summed E-state index contributed by atoms with van der Waals surface area (Å²) >= 11 is 1.39. The van der Waals surface area contributed by atoms with Crippen molar-refractivity contribution in [3.05, 3.63) is 54.1 Å². The fourth-order valence-corrected chi connectivity index (χ4v) is 3.00. The van der Waals surface area contributed by atoms with Crippen molar-refractivity contribution in [1.82, 2.24) is 4.98 Å². The smallest absolute Gasteiger partial charge is 0.336 e. The standard InChI is InChI=1S/C15H12N2O2S/c16-10-5-6-13(11(8-10)15(18)19)20-14-7-9-3-1-2-4-12(9)17-14/h1-8,17H,16H2,(H,18,19). The number of H-pyrrole nitrogens is 1. The first-order valence-electron chi connectivity index (χ1n) is 6.02. The van der Waals surface area contributed by atoms with Gasteiger partial charge in [-0.25, -0.2) is 4.79 Å². The zero-order valence-electron chi connectivity index (χ0n) is 10.5. The number of nitrogens with one attached hydrogen (secondary N) is 1. The average Bonchev–Trinajstić information content (AvgIpc) is 2.82. The summed E-state index contributed by atoms with van der Waals surface area (Å²) in [5.41, 5.74) is 7.33. The van der Waals surface area contributed by atoms with E-state index in [1.807, 2.05) is 30.3 Å². The highest BCUT2D eigenvalue weighted by molar-refractivity contribution is 7.99. The highest BCUT2D eigenvalue weighted by Gasteiger charge is 2.12. The van der Waals surface area contributed by atoms with Gasteiger partial charge < -0.3 is 15.8 Å². The zero-order chi connectivity index (χ0) is 14.1. The van der Waals surface area contributed by atoms with Crippen LogP contribution in [0.25, 0.3) is 10.9 Å². The van der Waals surface area contributed by atoms with Gasteiger partial charge in [-0.1, -0.05) is 30.0 Å². The number of hydrogen-bond acceptors (Lipinski definition) is 3. The van der Waals surface area contributed by atoms with Crippen molar-refractivity contribution < 1.29 is 9.90 Å². The maximum absolute atomic E-state index is 11.3. The summed E-state index contributed by atoms with van der Waals surface area (Å²) in [5, 5.41) is 11.2. The first kappa shape index (κ1) is 12.6. The Labute approximate surface area is 119 Å². The van der Waals surface area contributed by atoms with Gasteiger partial charge in [0.05, 0.1) is 10.6 Å². The minimum atomic E-state index is -0.976. The van der Waals surface area contributed by atoms with Crippen molar-refractivity contribution in [2.24, 2.45) is 0 Å². The summed E-state index contributed by atoms with van der Waals surface area (Å²) in [4.78, 5) is 15.2. The van der Waals surface area contributed by atoms with E-state index in [0.29, 0.717) is 10.6 Å². The van der Waals surface area contributed by atoms with Crippen LogP contribution in [0.5, 0.6) is 0 Å². The van der Waals surface area contributed by atoms with E-state index >= 15 is 0 Å². The molecule has 2 aromatic carbocycles. The molecule has 0 saturated carbocycles.